The molecule has 0 heterocycles. The number of carbonyl (C=O) groups excluding carboxylic acids is 2. The smallest absolute Gasteiger partial charge is 0.258 e. The molecular weight excluding hydrogens is 356 g/mol. The Bertz CT molecular complexity index is 749. The van der Waals surface area contributed by atoms with Gasteiger partial charge in [0.2, 0.25) is 5.91 Å². The van der Waals surface area contributed by atoms with E-state index in [9.17, 15) is 9.59 Å². The number of nitrogens with one attached hydrogen (secondary N) is 1. The van der Waals surface area contributed by atoms with Crippen LogP contribution in [0.3, 0.4) is 0 Å². The van der Waals surface area contributed by atoms with Crippen molar-refractivity contribution in [2.24, 2.45) is 0 Å². The van der Waals surface area contributed by atoms with Crippen LogP contribution in [0.5, 0.6) is 11.5 Å². The van der Waals surface area contributed by atoms with E-state index in [0.29, 0.717) is 35.3 Å². The number of amides is 2. The molecule has 0 saturated carbocycles. The van der Waals surface area contributed by atoms with Gasteiger partial charge in [-0.1, -0.05) is 17.7 Å². The van der Waals surface area contributed by atoms with Crippen molar-refractivity contribution in [3.05, 3.63) is 53.6 Å². The van der Waals surface area contributed by atoms with Gasteiger partial charge in [-0.25, -0.2) is 0 Å². The Hall–Kier alpha value is -2.73. The molecule has 0 fully saturated rings. The first kappa shape index (κ1) is 19.6. The minimum Gasteiger partial charge on any atom is -0.497 e. The predicted octanol–water partition coefficient (Wildman–Crippen LogP) is 2.90. The quantitative estimate of drug-likeness (QED) is 0.769. The summed E-state index contributed by atoms with van der Waals surface area (Å²) < 4.78 is 10.6. The summed E-state index contributed by atoms with van der Waals surface area (Å²) in [5, 5.41) is 3.33. The number of methoxy groups -OCH3 is 1. The van der Waals surface area contributed by atoms with Gasteiger partial charge in [0.05, 0.1) is 7.11 Å². The van der Waals surface area contributed by atoms with Crippen LogP contribution in [0, 0.1) is 0 Å². The Balaban J connectivity index is 1.82. The van der Waals surface area contributed by atoms with Crippen LogP contribution in [0.25, 0.3) is 0 Å². The zero-order valence-corrected chi connectivity index (χ0v) is 15.5. The molecule has 7 heteroatoms. The highest BCUT2D eigenvalue weighted by atomic mass is 35.5. The van der Waals surface area contributed by atoms with Crippen LogP contribution in [-0.2, 0) is 9.59 Å². The molecule has 0 aliphatic carbocycles. The fourth-order valence-corrected chi connectivity index (χ4v) is 2.41. The average Bonchev–Trinajstić information content (AvgIpc) is 2.64. The number of anilines is 1. The van der Waals surface area contributed by atoms with Gasteiger partial charge in [-0.3, -0.25) is 9.59 Å². The molecule has 2 rings (SSSR count). The number of hydrogen-bond donors (Lipinski definition) is 1. The number of carbonyl (C=O) groups is 2. The van der Waals surface area contributed by atoms with Crippen molar-refractivity contribution in [2.75, 3.05) is 31.7 Å². The number of hydrogen-bond acceptors (Lipinski definition) is 4. The number of benzene rings is 2. The van der Waals surface area contributed by atoms with Crippen LogP contribution in [0.15, 0.2) is 48.5 Å². The van der Waals surface area contributed by atoms with Crippen LogP contribution in [-0.4, -0.2) is 38.6 Å². The summed E-state index contributed by atoms with van der Waals surface area (Å²) in [4.78, 5) is 25.4. The van der Waals surface area contributed by atoms with Crippen molar-refractivity contribution < 1.29 is 19.1 Å². The maximum atomic E-state index is 11.9. The molecular formula is C19H21ClN2O4. The molecule has 0 aromatic heterocycles. The molecule has 0 bridgehead atoms. The van der Waals surface area contributed by atoms with E-state index in [1.807, 2.05) is 12.1 Å². The lowest BCUT2D eigenvalue weighted by Crippen LogP contribution is -2.39. The van der Waals surface area contributed by atoms with E-state index in [2.05, 4.69) is 5.32 Å². The zero-order valence-electron chi connectivity index (χ0n) is 14.7. The predicted molar refractivity (Wildman–Crippen MR) is 101 cm³/mol. The van der Waals surface area contributed by atoms with Crippen molar-refractivity contribution in [3.8, 4) is 11.5 Å². The molecule has 0 aliphatic heterocycles. The highest BCUT2D eigenvalue weighted by molar-refractivity contribution is 6.30. The second kappa shape index (κ2) is 9.68. The monoisotopic (exact) mass is 376 g/mol. The summed E-state index contributed by atoms with van der Waals surface area (Å²) in [6.07, 6.45) is 0. The lowest BCUT2D eigenvalue weighted by Gasteiger charge is -2.22. The first-order valence-corrected chi connectivity index (χ1v) is 8.44. The number of rotatable bonds is 8. The van der Waals surface area contributed by atoms with Crippen molar-refractivity contribution in [2.45, 2.75) is 6.92 Å². The highest BCUT2D eigenvalue weighted by Gasteiger charge is 2.12. The van der Waals surface area contributed by atoms with Crippen LogP contribution in [0.4, 0.5) is 5.69 Å². The number of ether oxygens (including phenoxy) is 2. The molecule has 2 aromatic rings. The summed E-state index contributed by atoms with van der Waals surface area (Å²) in [7, 11) is 1.57. The third-order valence-electron chi connectivity index (χ3n) is 3.59. The second-order valence-corrected chi connectivity index (χ2v) is 5.90. The first-order chi connectivity index (χ1) is 12.5. The topological polar surface area (TPSA) is 67.9 Å². The molecule has 0 saturated heterocycles. The third-order valence-corrected chi connectivity index (χ3v) is 3.84. The fraction of sp³-hybridized carbons (Fsp3) is 0.263. The van der Waals surface area contributed by atoms with Crippen LogP contribution < -0.4 is 19.7 Å². The summed E-state index contributed by atoms with van der Waals surface area (Å²) in [6.45, 7) is 2.01. The maximum Gasteiger partial charge on any atom is 0.258 e. The van der Waals surface area contributed by atoms with Gasteiger partial charge in [0.15, 0.2) is 6.61 Å². The average molecular weight is 377 g/mol. The molecule has 2 amide bonds. The standard InChI is InChI=1S/C19H21ClN2O4/c1-14(23)22(16-4-3-5-18(12-16)25-2)11-10-21-19(24)13-26-17-8-6-15(20)7-9-17/h3-9,12H,10-11,13H2,1-2H3,(H,21,24). The molecule has 138 valence electrons. The zero-order chi connectivity index (χ0) is 18.9. The van der Waals surface area contributed by atoms with E-state index in [1.165, 1.54) is 6.92 Å². The first-order valence-electron chi connectivity index (χ1n) is 8.07. The molecule has 6 nitrogen and oxygen atoms in total. The van der Waals surface area contributed by atoms with Gasteiger partial charge in [0.1, 0.15) is 11.5 Å². The fourth-order valence-electron chi connectivity index (χ4n) is 2.28. The van der Waals surface area contributed by atoms with E-state index in [1.54, 1.807) is 48.4 Å². The Morgan fingerprint density at radius 2 is 1.85 bits per heavy atom. The number of nitrogens with zero attached hydrogens (tertiary/aromatic N) is 1. The van der Waals surface area contributed by atoms with Gasteiger partial charge < -0.3 is 19.7 Å². The van der Waals surface area contributed by atoms with Crippen molar-refractivity contribution in [3.63, 3.8) is 0 Å². The lowest BCUT2D eigenvalue weighted by molar-refractivity contribution is -0.123. The Morgan fingerprint density at radius 1 is 1.12 bits per heavy atom. The largest absolute Gasteiger partial charge is 0.497 e. The second-order valence-electron chi connectivity index (χ2n) is 5.46. The Kier molecular flexibility index (Phi) is 7.29. The molecule has 0 spiro atoms. The summed E-state index contributed by atoms with van der Waals surface area (Å²) in [5.41, 5.74) is 0.712. The van der Waals surface area contributed by atoms with E-state index in [4.69, 9.17) is 21.1 Å². The lowest BCUT2D eigenvalue weighted by atomic mass is 10.2. The minimum absolute atomic E-state index is 0.110. The van der Waals surface area contributed by atoms with Gasteiger partial charge in [-0.15, -0.1) is 0 Å². The van der Waals surface area contributed by atoms with Crippen LogP contribution in [0.1, 0.15) is 6.92 Å². The van der Waals surface area contributed by atoms with Gasteiger partial charge in [0.25, 0.3) is 5.91 Å². The normalized spacial score (nSPS) is 10.1. The van der Waals surface area contributed by atoms with Crippen molar-refractivity contribution >= 4 is 29.1 Å². The number of halogens is 1. The summed E-state index contributed by atoms with van der Waals surface area (Å²) in [6, 6.07) is 14.0. The Morgan fingerprint density at radius 3 is 2.50 bits per heavy atom. The summed E-state index contributed by atoms with van der Waals surface area (Å²) >= 11 is 5.79. The van der Waals surface area contributed by atoms with E-state index >= 15 is 0 Å². The van der Waals surface area contributed by atoms with E-state index in [0.717, 1.165) is 0 Å². The van der Waals surface area contributed by atoms with Crippen LogP contribution >= 0.6 is 11.6 Å². The van der Waals surface area contributed by atoms with Gasteiger partial charge >= 0.3 is 0 Å². The molecule has 26 heavy (non-hydrogen) atoms. The van der Waals surface area contributed by atoms with Crippen molar-refractivity contribution in [1.29, 1.82) is 0 Å². The van der Waals surface area contributed by atoms with Gasteiger partial charge in [-0.05, 0) is 36.4 Å². The van der Waals surface area contributed by atoms with Crippen LogP contribution in [0.2, 0.25) is 5.02 Å². The minimum atomic E-state index is -0.269. The molecule has 0 unspecified atom stereocenters. The van der Waals surface area contributed by atoms with Gasteiger partial charge in [-0.2, -0.15) is 0 Å². The molecule has 0 aliphatic rings. The molecule has 0 atom stereocenters. The SMILES string of the molecule is COc1cccc(N(CCNC(=O)COc2ccc(Cl)cc2)C(C)=O)c1. The van der Waals surface area contributed by atoms with Crippen molar-refractivity contribution in [1.82, 2.24) is 5.32 Å². The highest BCUT2D eigenvalue weighted by Crippen LogP contribution is 2.20. The molecule has 1 N–H and O–H groups in total. The summed E-state index contributed by atoms with van der Waals surface area (Å²) in [5.74, 6) is 0.833. The maximum absolute atomic E-state index is 11.9. The van der Waals surface area contributed by atoms with Gasteiger partial charge in [0, 0.05) is 36.8 Å². The molecule has 2 aromatic carbocycles. The van der Waals surface area contributed by atoms with E-state index < -0.39 is 0 Å². The Labute approximate surface area is 157 Å². The third kappa shape index (κ3) is 5.97. The van der Waals surface area contributed by atoms with E-state index in [-0.39, 0.29) is 18.4 Å². The molecule has 0 radical (unpaired) electrons.